The lowest BCUT2D eigenvalue weighted by Crippen LogP contribution is -2.49. The Morgan fingerprint density at radius 1 is 0.935 bits per heavy atom. The quantitative estimate of drug-likeness (QED) is 0.493. The van der Waals surface area contributed by atoms with Gasteiger partial charge in [0.1, 0.15) is 0 Å². The number of para-hydroxylation sites is 1. The van der Waals surface area contributed by atoms with Crippen molar-refractivity contribution in [1.29, 1.82) is 0 Å². The van der Waals surface area contributed by atoms with Gasteiger partial charge in [-0.25, -0.2) is 9.66 Å². The smallest absolute Gasteiger partial charge is 0.323 e. The summed E-state index contributed by atoms with van der Waals surface area (Å²) in [5, 5.41) is 2.05. The van der Waals surface area contributed by atoms with E-state index in [1.165, 1.54) is 4.68 Å². The fourth-order valence-electron chi connectivity index (χ4n) is 3.96. The maximum Gasteiger partial charge on any atom is 0.356 e. The molecule has 1 aliphatic rings. The molecule has 1 N–H and O–H groups in total. The predicted octanol–water partition coefficient (Wildman–Crippen LogP) is 3.92. The summed E-state index contributed by atoms with van der Waals surface area (Å²) in [7, 11) is -4.09. The van der Waals surface area contributed by atoms with E-state index in [4.69, 9.17) is 9.51 Å². The Morgan fingerprint density at radius 2 is 1.58 bits per heavy atom. The van der Waals surface area contributed by atoms with Crippen LogP contribution in [0.4, 0.5) is 0 Å². The number of rotatable bonds is 3. The van der Waals surface area contributed by atoms with Crippen LogP contribution in [0.15, 0.2) is 89.7 Å². The zero-order valence-corrected chi connectivity index (χ0v) is 17.4. The van der Waals surface area contributed by atoms with Crippen molar-refractivity contribution >= 4 is 18.5 Å². The van der Waals surface area contributed by atoms with Crippen LogP contribution < -0.4 is 10.6 Å². The molecule has 31 heavy (non-hydrogen) atoms. The van der Waals surface area contributed by atoms with Gasteiger partial charge in [0, 0.05) is 5.56 Å². The average molecular weight is 433 g/mol. The molecule has 156 valence electrons. The molecule has 4 aromatic rings. The second kappa shape index (κ2) is 7.78. The number of nitrogens with zero attached hydrogens (tertiary/aromatic N) is 3. The molecule has 1 aromatic heterocycles. The van der Waals surface area contributed by atoms with Gasteiger partial charge in [0.05, 0.1) is 24.1 Å². The zero-order valence-electron chi connectivity index (χ0n) is 16.5. The Kier molecular flexibility index (Phi) is 4.94. The van der Waals surface area contributed by atoms with E-state index in [1.807, 2.05) is 42.5 Å². The summed E-state index contributed by atoms with van der Waals surface area (Å²) in [6, 6.07) is 25.4. The van der Waals surface area contributed by atoms with E-state index in [-0.39, 0.29) is 18.7 Å². The van der Waals surface area contributed by atoms with Gasteiger partial charge in [-0.2, -0.15) is 0 Å². The first-order valence-corrected chi connectivity index (χ1v) is 11.6. The third kappa shape index (κ3) is 3.47. The normalized spacial score (nSPS) is 21.3. The highest BCUT2D eigenvalue weighted by Crippen LogP contribution is 2.59. The predicted molar refractivity (Wildman–Crippen MR) is 119 cm³/mol. The number of benzene rings is 3. The van der Waals surface area contributed by atoms with Crippen LogP contribution in [0.3, 0.4) is 0 Å². The Balaban J connectivity index is 1.81. The summed E-state index contributed by atoms with van der Waals surface area (Å²) in [4.78, 5) is 29.2. The lowest BCUT2D eigenvalue weighted by atomic mass is 10.2. The lowest BCUT2D eigenvalue weighted by molar-refractivity contribution is 0.217. The molecule has 0 aliphatic carbocycles. The molecule has 2 heterocycles. The number of aromatic nitrogens is 2. The molecule has 5 rings (SSSR count). The third-order valence-corrected chi connectivity index (χ3v) is 7.06. The molecular formula is C23H20N3O4P. The minimum absolute atomic E-state index is 0.0185. The van der Waals surface area contributed by atoms with E-state index in [0.29, 0.717) is 22.3 Å². The first-order chi connectivity index (χ1) is 15.1. The Hall–Kier alpha value is -3.25. The molecule has 0 saturated carbocycles. The highest BCUT2D eigenvalue weighted by Gasteiger charge is 2.44. The SMILES string of the molecule is O=c1c2ccccc2nc(-c2ccccc2)n1N1CCOP(=O)(O)C1c1ccccc1. The third-order valence-electron chi connectivity index (χ3n) is 5.33. The van der Waals surface area contributed by atoms with Crippen LogP contribution in [0.1, 0.15) is 11.3 Å². The molecule has 0 spiro atoms. The Labute approximate surface area is 178 Å². The van der Waals surface area contributed by atoms with E-state index in [1.54, 1.807) is 47.5 Å². The monoisotopic (exact) mass is 433 g/mol. The summed E-state index contributed by atoms with van der Waals surface area (Å²) >= 11 is 0. The van der Waals surface area contributed by atoms with Crippen LogP contribution in [0.5, 0.6) is 0 Å². The van der Waals surface area contributed by atoms with Crippen molar-refractivity contribution < 1.29 is 14.0 Å². The molecule has 1 fully saturated rings. The average Bonchev–Trinajstić information content (AvgIpc) is 2.79. The lowest BCUT2D eigenvalue weighted by Gasteiger charge is -2.40. The minimum Gasteiger partial charge on any atom is -0.323 e. The highest BCUT2D eigenvalue weighted by atomic mass is 31.2. The van der Waals surface area contributed by atoms with Gasteiger partial charge in [-0.1, -0.05) is 72.8 Å². The topological polar surface area (TPSA) is 84.7 Å². The van der Waals surface area contributed by atoms with Crippen LogP contribution in [-0.2, 0) is 9.09 Å². The maximum absolute atomic E-state index is 13.7. The summed E-state index contributed by atoms with van der Waals surface area (Å²) in [5.74, 6) is -0.627. The van der Waals surface area contributed by atoms with Crippen LogP contribution in [-0.4, -0.2) is 27.7 Å². The van der Waals surface area contributed by atoms with Crippen molar-refractivity contribution in [3.05, 3.63) is 101 Å². The molecular weight excluding hydrogens is 413 g/mol. The van der Waals surface area contributed by atoms with E-state index in [0.717, 1.165) is 5.56 Å². The molecule has 3 aromatic carbocycles. The standard InChI is InChI=1S/C23H20N3O4P/c27-22-19-13-7-8-14-20(19)24-21(17-9-3-1-4-10-17)26(22)25-15-16-30-31(28,29)23(25)18-11-5-2-6-12-18/h1-14,23H,15-16H2,(H,28,29). The molecule has 1 saturated heterocycles. The Morgan fingerprint density at radius 3 is 2.32 bits per heavy atom. The Bertz CT molecular complexity index is 1340. The van der Waals surface area contributed by atoms with Crippen LogP contribution >= 0.6 is 7.60 Å². The summed E-state index contributed by atoms with van der Waals surface area (Å²) in [6.07, 6.45) is 0. The van der Waals surface area contributed by atoms with Crippen LogP contribution in [0, 0.1) is 0 Å². The van der Waals surface area contributed by atoms with Gasteiger partial charge >= 0.3 is 7.60 Å². The number of hydrogen-bond acceptors (Lipinski definition) is 5. The number of hydrogen-bond donors (Lipinski definition) is 1. The van der Waals surface area contributed by atoms with Crippen LogP contribution in [0.2, 0.25) is 0 Å². The van der Waals surface area contributed by atoms with E-state index in [9.17, 15) is 14.3 Å². The molecule has 0 amide bonds. The van der Waals surface area contributed by atoms with Gasteiger partial charge in [-0.15, -0.1) is 0 Å². The fraction of sp³-hybridized carbons (Fsp3) is 0.130. The van der Waals surface area contributed by atoms with E-state index < -0.39 is 13.4 Å². The molecule has 0 bridgehead atoms. The van der Waals surface area contributed by atoms with Crippen molar-refractivity contribution in [3.63, 3.8) is 0 Å². The van der Waals surface area contributed by atoms with Gasteiger partial charge in [-0.3, -0.25) is 14.4 Å². The van der Waals surface area contributed by atoms with Gasteiger partial charge in [0.25, 0.3) is 5.56 Å². The van der Waals surface area contributed by atoms with Crippen molar-refractivity contribution in [2.24, 2.45) is 0 Å². The maximum atomic E-state index is 13.7. The largest absolute Gasteiger partial charge is 0.356 e. The van der Waals surface area contributed by atoms with Gasteiger partial charge < -0.3 is 9.42 Å². The molecule has 1 aliphatic heterocycles. The van der Waals surface area contributed by atoms with E-state index >= 15 is 0 Å². The van der Waals surface area contributed by atoms with Crippen molar-refractivity contribution in [3.8, 4) is 11.4 Å². The molecule has 8 heteroatoms. The van der Waals surface area contributed by atoms with Crippen molar-refractivity contribution in [2.75, 3.05) is 18.2 Å². The number of fused-ring (bicyclic) bond motifs is 1. The molecule has 0 radical (unpaired) electrons. The van der Waals surface area contributed by atoms with Gasteiger partial charge in [-0.05, 0) is 17.7 Å². The summed E-state index contributed by atoms with van der Waals surface area (Å²) in [5.41, 5.74) is 1.59. The fourth-order valence-corrected chi connectivity index (χ4v) is 5.55. The van der Waals surface area contributed by atoms with Gasteiger partial charge in [0.15, 0.2) is 11.6 Å². The molecule has 2 unspecified atom stereocenters. The summed E-state index contributed by atoms with van der Waals surface area (Å²) < 4.78 is 19.8. The molecule has 7 nitrogen and oxygen atoms in total. The van der Waals surface area contributed by atoms with E-state index in [2.05, 4.69) is 0 Å². The zero-order chi connectivity index (χ0) is 21.4. The first kappa shape index (κ1) is 19.7. The second-order valence-electron chi connectivity index (χ2n) is 7.28. The van der Waals surface area contributed by atoms with Crippen LogP contribution in [0.25, 0.3) is 22.3 Å². The second-order valence-corrected chi connectivity index (χ2v) is 9.16. The molecule has 2 atom stereocenters. The first-order valence-electron chi connectivity index (χ1n) is 9.92. The summed E-state index contributed by atoms with van der Waals surface area (Å²) in [6.45, 7) is 0.272. The van der Waals surface area contributed by atoms with Gasteiger partial charge in [0.2, 0.25) is 0 Å². The van der Waals surface area contributed by atoms with Crippen molar-refractivity contribution in [1.82, 2.24) is 9.66 Å². The highest BCUT2D eigenvalue weighted by molar-refractivity contribution is 7.53. The minimum atomic E-state index is -4.09. The van der Waals surface area contributed by atoms with Crippen molar-refractivity contribution in [2.45, 2.75) is 5.78 Å².